The van der Waals surface area contributed by atoms with E-state index >= 15 is 0 Å². The monoisotopic (exact) mass is 282 g/mol. The zero-order valence-electron chi connectivity index (χ0n) is 14.1. The number of aliphatic hydroxyl groups excluding tert-OH is 1. The smallest absolute Gasteiger partial charge is 0.0684 e. The predicted molar refractivity (Wildman–Crippen MR) is 83.6 cm³/mol. The lowest BCUT2D eigenvalue weighted by Gasteiger charge is -2.55. The van der Waals surface area contributed by atoms with Crippen LogP contribution in [0.3, 0.4) is 0 Å². The minimum Gasteiger partial charge on any atom is -0.392 e. The van der Waals surface area contributed by atoms with Crippen LogP contribution in [0.1, 0.15) is 73.1 Å². The second-order valence-electron chi connectivity index (χ2n) is 7.68. The maximum atomic E-state index is 10.2. The summed E-state index contributed by atoms with van der Waals surface area (Å²) in [5, 5.41) is 10.2. The number of aliphatic hydroxyl groups is 1. The highest BCUT2D eigenvalue weighted by molar-refractivity contribution is 5.03. The highest BCUT2D eigenvalue weighted by Crippen LogP contribution is 2.50. The molecule has 0 spiro atoms. The Balaban J connectivity index is 2.03. The molecule has 2 heteroatoms. The van der Waals surface area contributed by atoms with Gasteiger partial charge in [0.1, 0.15) is 0 Å². The summed E-state index contributed by atoms with van der Waals surface area (Å²) in [6.45, 7) is 11.4. The Bertz CT molecular complexity index is 309. The van der Waals surface area contributed by atoms with E-state index in [1.54, 1.807) is 0 Å². The van der Waals surface area contributed by atoms with Crippen LogP contribution in [-0.4, -0.2) is 23.4 Å². The molecule has 2 nitrogen and oxygen atoms in total. The summed E-state index contributed by atoms with van der Waals surface area (Å²) in [4.78, 5) is 0. The van der Waals surface area contributed by atoms with Crippen LogP contribution < -0.4 is 0 Å². The fourth-order valence-corrected chi connectivity index (χ4v) is 4.58. The van der Waals surface area contributed by atoms with Gasteiger partial charge in [-0.25, -0.2) is 0 Å². The first kappa shape index (κ1) is 16.3. The molecule has 0 radical (unpaired) electrons. The minimum atomic E-state index is -0.152. The molecule has 2 aliphatic carbocycles. The molecule has 0 bridgehead atoms. The van der Waals surface area contributed by atoms with E-state index in [0.29, 0.717) is 17.9 Å². The van der Waals surface area contributed by atoms with Gasteiger partial charge in [0.15, 0.2) is 0 Å². The van der Waals surface area contributed by atoms with Crippen molar-refractivity contribution in [2.45, 2.75) is 91.5 Å². The average molecular weight is 282 g/mol. The molecule has 2 aliphatic rings. The van der Waals surface area contributed by atoms with E-state index in [1.165, 1.54) is 19.3 Å². The standard InChI is InChI=1S/C18H34O2/c1-6-18(7-2)16(19)11-17(18)20-15-10-13(5)8-9-14(15)12(3)4/h12-17,19H,6-11H2,1-5H3. The molecular weight excluding hydrogens is 248 g/mol. The first-order valence-corrected chi connectivity index (χ1v) is 8.78. The van der Waals surface area contributed by atoms with Crippen molar-refractivity contribution < 1.29 is 9.84 Å². The van der Waals surface area contributed by atoms with Crippen LogP contribution in [0.2, 0.25) is 0 Å². The number of hydrogen-bond donors (Lipinski definition) is 1. The summed E-state index contributed by atoms with van der Waals surface area (Å²) >= 11 is 0. The first-order valence-electron chi connectivity index (χ1n) is 8.78. The summed E-state index contributed by atoms with van der Waals surface area (Å²) in [5.41, 5.74) is 0.0300. The van der Waals surface area contributed by atoms with Crippen molar-refractivity contribution in [3.8, 4) is 0 Å². The second-order valence-corrected chi connectivity index (χ2v) is 7.68. The van der Waals surface area contributed by atoms with E-state index in [-0.39, 0.29) is 17.6 Å². The summed E-state index contributed by atoms with van der Waals surface area (Å²) in [6.07, 6.45) is 7.32. The second kappa shape index (κ2) is 6.36. The molecule has 118 valence electrons. The Morgan fingerprint density at radius 1 is 1.15 bits per heavy atom. The van der Waals surface area contributed by atoms with Gasteiger partial charge in [-0.05, 0) is 43.4 Å². The van der Waals surface area contributed by atoms with Crippen LogP contribution in [-0.2, 0) is 4.74 Å². The lowest BCUT2D eigenvalue weighted by atomic mass is 9.60. The zero-order valence-corrected chi connectivity index (χ0v) is 14.1. The van der Waals surface area contributed by atoms with Crippen molar-refractivity contribution in [3.05, 3.63) is 0 Å². The summed E-state index contributed by atoms with van der Waals surface area (Å²) in [6, 6.07) is 0. The molecule has 2 fully saturated rings. The molecule has 20 heavy (non-hydrogen) atoms. The maximum Gasteiger partial charge on any atom is 0.0684 e. The third-order valence-electron chi connectivity index (χ3n) is 6.36. The molecule has 0 saturated heterocycles. The lowest BCUT2D eigenvalue weighted by molar-refractivity contribution is -0.228. The Morgan fingerprint density at radius 3 is 2.30 bits per heavy atom. The molecule has 2 saturated carbocycles. The molecule has 5 atom stereocenters. The Morgan fingerprint density at radius 2 is 1.80 bits per heavy atom. The van der Waals surface area contributed by atoms with Gasteiger partial charge >= 0.3 is 0 Å². The molecule has 5 unspecified atom stereocenters. The van der Waals surface area contributed by atoms with Gasteiger partial charge in [0.2, 0.25) is 0 Å². The molecule has 0 amide bonds. The fraction of sp³-hybridized carbons (Fsp3) is 1.00. The van der Waals surface area contributed by atoms with Crippen LogP contribution in [0.25, 0.3) is 0 Å². The molecular formula is C18H34O2. The first-order chi connectivity index (χ1) is 9.44. The Hall–Kier alpha value is -0.0800. The van der Waals surface area contributed by atoms with Gasteiger partial charge in [0, 0.05) is 11.8 Å². The summed E-state index contributed by atoms with van der Waals surface area (Å²) < 4.78 is 6.58. The largest absolute Gasteiger partial charge is 0.392 e. The molecule has 0 aromatic rings. The molecule has 0 aliphatic heterocycles. The highest BCUT2D eigenvalue weighted by Gasteiger charge is 2.54. The Labute approximate surface area is 125 Å². The van der Waals surface area contributed by atoms with E-state index in [0.717, 1.165) is 25.2 Å². The van der Waals surface area contributed by atoms with Crippen LogP contribution in [0.5, 0.6) is 0 Å². The van der Waals surface area contributed by atoms with Gasteiger partial charge in [-0.15, -0.1) is 0 Å². The van der Waals surface area contributed by atoms with E-state index in [1.807, 2.05) is 0 Å². The Kier molecular flexibility index (Phi) is 5.18. The van der Waals surface area contributed by atoms with E-state index < -0.39 is 0 Å². The normalized spacial score (nSPS) is 40.6. The predicted octanol–water partition coefficient (Wildman–Crippen LogP) is 4.40. The van der Waals surface area contributed by atoms with Gasteiger partial charge in [-0.3, -0.25) is 0 Å². The SMILES string of the molecule is CCC1(CC)C(O)CC1OC1CC(C)CCC1C(C)C. The zero-order chi connectivity index (χ0) is 14.9. The van der Waals surface area contributed by atoms with Crippen LogP contribution in [0, 0.1) is 23.2 Å². The van der Waals surface area contributed by atoms with E-state index in [4.69, 9.17) is 4.74 Å². The van der Waals surface area contributed by atoms with Gasteiger partial charge in [0.25, 0.3) is 0 Å². The van der Waals surface area contributed by atoms with E-state index in [2.05, 4.69) is 34.6 Å². The van der Waals surface area contributed by atoms with Crippen LogP contribution in [0.15, 0.2) is 0 Å². The number of rotatable bonds is 5. The molecule has 0 heterocycles. The minimum absolute atomic E-state index is 0.0300. The third-order valence-corrected chi connectivity index (χ3v) is 6.36. The van der Waals surface area contributed by atoms with Crippen LogP contribution >= 0.6 is 0 Å². The van der Waals surface area contributed by atoms with Crippen molar-refractivity contribution in [1.82, 2.24) is 0 Å². The van der Waals surface area contributed by atoms with Crippen molar-refractivity contribution >= 4 is 0 Å². The number of hydrogen-bond acceptors (Lipinski definition) is 2. The van der Waals surface area contributed by atoms with Gasteiger partial charge in [-0.1, -0.05) is 41.0 Å². The van der Waals surface area contributed by atoms with E-state index in [9.17, 15) is 5.11 Å². The van der Waals surface area contributed by atoms with Crippen molar-refractivity contribution in [1.29, 1.82) is 0 Å². The maximum absolute atomic E-state index is 10.2. The fourth-order valence-electron chi connectivity index (χ4n) is 4.58. The third kappa shape index (κ3) is 2.78. The highest BCUT2D eigenvalue weighted by atomic mass is 16.5. The molecule has 2 rings (SSSR count). The summed E-state index contributed by atoms with van der Waals surface area (Å²) in [5.74, 6) is 2.20. The average Bonchev–Trinajstić information content (AvgIpc) is 2.39. The van der Waals surface area contributed by atoms with Gasteiger partial charge < -0.3 is 9.84 Å². The lowest BCUT2D eigenvalue weighted by Crippen LogP contribution is -2.59. The topological polar surface area (TPSA) is 29.5 Å². The van der Waals surface area contributed by atoms with Crippen molar-refractivity contribution in [3.63, 3.8) is 0 Å². The van der Waals surface area contributed by atoms with Crippen molar-refractivity contribution in [2.24, 2.45) is 23.2 Å². The van der Waals surface area contributed by atoms with Crippen LogP contribution in [0.4, 0.5) is 0 Å². The summed E-state index contributed by atoms with van der Waals surface area (Å²) in [7, 11) is 0. The molecule has 0 aromatic heterocycles. The van der Waals surface area contributed by atoms with Gasteiger partial charge in [0.05, 0.1) is 18.3 Å². The number of ether oxygens (including phenoxy) is 1. The quantitative estimate of drug-likeness (QED) is 0.809. The molecule has 1 N–H and O–H groups in total. The molecule has 0 aromatic carbocycles. The van der Waals surface area contributed by atoms with Gasteiger partial charge in [-0.2, -0.15) is 0 Å². The van der Waals surface area contributed by atoms with Crippen molar-refractivity contribution in [2.75, 3.05) is 0 Å².